The van der Waals surface area contributed by atoms with E-state index < -0.39 is 0 Å². The van der Waals surface area contributed by atoms with Crippen LogP contribution in [0.4, 0.5) is 0 Å². The van der Waals surface area contributed by atoms with Crippen molar-refractivity contribution < 1.29 is 4.79 Å². The first kappa shape index (κ1) is 17.4. The molecule has 1 aromatic heterocycles. The number of piperidine rings is 1. The van der Waals surface area contributed by atoms with E-state index in [1.165, 1.54) is 5.56 Å². The van der Waals surface area contributed by atoms with Gasteiger partial charge in [-0.1, -0.05) is 44.2 Å². The van der Waals surface area contributed by atoms with E-state index in [1.54, 1.807) is 6.20 Å². The van der Waals surface area contributed by atoms with Crippen LogP contribution in [0.1, 0.15) is 42.9 Å². The molecule has 124 valence electrons. The van der Waals surface area contributed by atoms with Crippen molar-refractivity contribution in [3.8, 4) is 0 Å². The number of nitrogens with zero attached hydrogens (tertiary/aromatic N) is 2. The fourth-order valence-electron chi connectivity index (χ4n) is 2.88. The molecule has 1 aliphatic heterocycles. The van der Waals surface area contributed by atoms with E-state index in [0.717, 1.165) is 38.9 Å². The number of aryl methyl sites for hydroxylation is 2. The normalized spacial score (nSPS) is 14.9. The fourth-order valence-corrected chi connectivity index (χ4v) is 2.88. The van der Waals surface area contributed by atoms with Gasteiger partial charge in [0.25, 0.3) is 0 Å². The van der Waals surface area contributed by atoms with E-state index >= 15 is 0 Å². The number of carbonyl (C=O) groups excluding carboxylic acids is 1. The maximum atomic E-state index is 12.6. The molecular weight excluding hydrogens is 286 g/mol. The number of benzene rings is 1. The summed E-state index contributed by atoms with van der Waals surface area (Å²) in [5.74, 6) is 0.955. The van der Waals surface area contributed by atoms with Gasteiger partial charge in [-0.25, -0.2) is 4.98 Å². The Labute approximate surface area is 138 Å². The maximum absolute atomic E-state index is 12.6. The van der Waals surface area contributed by atoms with Gasteiger partial charge in [-0.2, -0.15) is 0 Å². The summed E-state index contributed by atoms with van der Waals surface area (Å²) in [7, 11) is 0. The van der Waals surface area contributed by atoms with Crippen molar-refractivity contribution in [1.82, 2.24) is 14.9 Å². The number of hydrogen-bond donors (Lipinski definition) is 1. The van der Waals surface area contributed by atoms with Gasteiger partial charge in [0.2, 0.25) is 5.78 Å². The summed E-state index contributed by atoms with van der Waals surface area (Å²) < 4.78 is 2.00. The highest BCUT2D eigenvalue weighted by Crippen LogP contribution is 2.17. The van der Waals surface area contributed by atoms with Crippen LogP contribution in [0.5, 0.6) is 0 Å². The summed E-state index contributed by atoms with van der Waals surface area (Å²) in [6.45, 7) is 6.66. The molecule has 1 aromatic carbocycles. The van der Waals surface area contributed by atoms with Crippen molar-refractivity contribution in [3.05, 3.63) is 54.1 Å². The van der Waals surface area contributed by atoms with Crippen molar-refractivity contribution in [2.24, 2.45) is 5.92 Å². The number of rotatable bonds is 5. The molecular formula is C19H27N3O. The highest BCUT2D eigenvalue weighted by molar-refractivity contribution is 5.94. The van der Waals surface area contributed by atoms with E-state index in [2.05, 4.69) is 22.4 Å². The number of carbonyl (C=O) groups is 1. The Morgan fingerprint density at radius 2 is 1.91 bits per heavy atom. The molecule has 0 radical (unpaired) electrons. The first-order chi connectivity index (χ1) is 11.3. The van der Waals surface area contributed by atoms with Gasteiger partial charge in [-0.05, 0) is 37.9 Å². The van der Waals surface area contributed by atoms with Crippen LogP contribution in [0.25, 0.3) is 0 Å². The van der Waals surface area contributed by atoms with Gasteiger partial charge < -0.3 is 9.88 Å². The van der Waals surface area contributed by atoms with Crippen molar-refractivity contribution >= 4 is 5.78 Å². The zero-order chi connectivity index (χ0) is 16.5. The Kier molecular flexibility index (Phi) is 7.01. The molecule has 0 aliphatic carbocycles. The molecule has 0 spiro atoms. The molecule has 3 rings (SSSR count). The summed E-state index contributed by atoms with van der Waals surface area (Å²) >= 11 is 0. The van der Waals surface area contributed by atoms with Gasteiger partial charge in [0, 0.05) is 24.9 Å². The molecule has 4 nitrogen and oxygen atoms in total. The molecule has 1 fully saturated rings. The zero-order valence-corrected chi connectivity index (χ0v) is 14.2. The molecule has 4 heteroatoms. The maximum Gasteiger partial charge on any atom is 0.201 e. The second-order valence-corrected chi connectivity index (χ2v) is 5.57. The largest absolute Gasteiger partial charge is 0.328 e. The Hall–Kier alpha value is -1.94. The Morgan fingerprint density at radius 3 is 2.61 bits per heavy atom. The number of nitrogens with one attached hydrogen (secondary N) is 1. The average molecular weight is 313 g/mol. The van der Waals surface area contributed by atoms with Crippen molar-refractivity contribution in [2.75, 3.05) is 13.1 Å². The smallest absolute Gasteiger partial charge is 0.201 e. The van der Waals surface area contributed by atoms with Gasteiger partial charge in [0.05, 0.1) is 0 Å². The number of Topliss-reactive ketones (excluding diaryl/α,β-unsaturated/α-hetero) is 1. The topological polar surface area (TPSA) is 46.9 Å². The molecule has 0 atom stereocenters. The lowest BCUT2D eigenvalue weighted by Gasteiger charge is -2.21. The lowest BCUT2D eigenvalue weighted by atomic mass is 9.93. The second kappa shape index (κ2) is 9.26. The van der Waals surface area contributed by atoms with E-state index in [-0.39, 0.29) is 11.7 Å². The van der Waals surface area contributed by atoms with Crippen molar-refractivity contribution in [2.45, 2.75) is 39.7 Å². The molecule has 0 amide bonds. The van der Waals surface area contributed by atoms with Crippen LogP contribution in [-0.4, -0.2) is 28.4 Å². The summed E-state index contributed by atoms with van der Waals surface area (Å²) in [6.07, 6.45) is 6.41. The first-order valence-electron chi connectivity index (χ1n) is 8.64. The van der Waals surface area contributed by atoms with E-state index in [0.29, 0.717) is 5.82 Å². The van der Waals surface area contributed by atoms with Gasteiger partial charge in [0.15, 0.2) is 5.82 Å². The third-order valence-electron chi connectivity index (χ3n) is 4.13. The molecule has 2 heterocycles. The monoisotopic (exact) mass is 313 g/mol. The van der Waals surface area contributed by atoms with Crippen LogP contribution >= 0.6 is 0 Å². The molecule has 23 heavy (non-hydrogen) atoms. The van der Waals surface area contributed by atoms with E-state index in [4.69, 9.17) is 0 Å². The van der Waals surface area contributed by atoms with Gasteiger partial charge >= 0.3 is 0 Å². The van der Waals surface area contributed by atoms with Crippen LogP contribution in [0.3, 0.4) is 0 Å². The Bertz CT molecular complexity index is 586. The van der Waals surface area contributed by atoms with Crippen LogP contribution in [-0.2, 0) is 13.0 Å². The highest BCUT2D eigenvalue weighted by atomic mass is 16.1. The van der Waals surface area contributed by atoms with Crippen LogP contribution < -0.4 is 5.32 Å². The summed E-state index contributed by atoms with van der Waals surface area (Å²) in [5, 5.41) is 3.30. The van der Waals surface area contributed by atoms with Gasteiger partial charge in [-0.3, -0.25) is 4.79 Å². The molecule has 0 unspecified atom stereocenters. The summed E-state index contributed by atoms with van der Waals surface area (Å²) in [4.78, 5) is 16.9. The fraction of sp³-hybridized carbons (Fsp3) is 0.474. The molecule has 1 aliphatic rings. The second-order valence-electron chi connectivity index (χ2n) is 5.57. The van der Waals surface area contributed by atoms with Crippen LogP contribution in [0.15, 0.2) is 42.7 Å². The lowest BCUT2D eigenvalue weighted by molar-refractivity contribution is 0.0879. The number of hydrogen-bond acceptors (Lipinski definition) is 3. The quantitative estimate of drug-likeness (QED) is 0.861. The van der Waals surface area contributed by atoms with Crippen LogP contribution in [0, 0.1) is 5.92 Å². The number of aromatic nitrogens is 2. The third-order valence-corrected chi connectivity index (χ3v) is 4.13. The zero-order valence-electron chi connectivity index (χ0n) is 14.2. The average Bonchev–Trinajstić information content (AvgIpc) is 3.11. The van der Waals surface area contributed by atoms with E-state index in [1.807, 2.05) is 42.8 Å². The van der Waals surface area contributed by atoms with Gasteiger partial charge in [-0.15, -0.1) is 0 Å². The number of ketones is 1. The Balaban J connectivity index is 0.000000924. The van der Waals surface area contributed by atoms with E-state index in [9.17, 15) is 4.79 Å². The minimum atomic E-state index is 0.129. The van der Waals surface area contributed by atoms with Crippen LogP contribution in [0.2, 0.25) is 0 Å². The molecule has 2 aromatic rings. The molecule has 0 saturated carbocycles. The Morgan fingerprint density at radius 1 is 1.22 bits per heavy atom. The first-order valence-corrected chi connectivity index (χ1v) is 8.64. The minimum absolute atomic E-state index is 0.129. The molecule has 0 bridgehead atoms. The molecule has 1 saturated heterocycles. The predicted molar refractivity (Wildman–Crippen MR) is 93.6 cm³/mol. The van der Waals surface area contributed by atoms with Crippen molar-refractivity contribution in [3.63, 3.8) is 0 Å². The summed E-state index contributed by atoms with van der Waals surface area (Å²) in [5.41, 5.74) is 1.28. The highest BCUT2D eigenvalue weighted by Gasteiger charge is 2.25. The molecule has 1 N–H and O–H groups in total. The predicted octanol–water partition coefficient (Wildman–Crippen LogP) is 3.33. The summed E-state index contributed by atoms with van der Waals surface area (Å²) in [6, 6.07) is 10.3. The number of imidazole rings is 1. The SMILES string of the molecule is CC.O=C(c1nccn1CCc1ccccc1)C1CCNCC1. The standard InChI is InChI=1S/C17H21N3O.C2H6/c21-16(15-6-9-18-10-7-15)17-19-11-13-20(17)12-8-14-4-2-1-3-5-14;1-2/h1-5,11,13,15,18H,6-10,12H2;1-2H3. The minimum Gasteiger partial charge on any atom is -0.328 e. The van der Waals surface area contributed by atoms with Crippen molar-refractivity contribution in [1.29, 1.82) is 0 Å². The van der Waals surface area contributed by atoms with Gasteiger partial charge in [0.1, 0.15) is 0 Å². The third kappa shape index (κ3) is 4.76. The lowest BCUT2D eigenvalue weighted by Crippen LogP contribution is -2.33.